The summed E-state index contributed by atoms with van der Waals surface area (Å²) >= 11 is 0. The Morgan fingerprint density at radius 2 is 2.00 bits per heavy atom. The van der Waals surface area contributed by atoms with Gasteiger partial charge in [0.15, 0.2) is 0 Å². The Morgan fingerprint density at radius 1 is 1.42 bits per heavy atom. The second-order valence-electron chi connectivity index (χ2n) is 2.30. The van der Waals surface area contributed by atoms with E-state index in [1.165, 1.54) is 0 Å². The molecular formula is C7H14N2O3. The van der Waals surface area contributed by atoms with Crippen LogP contribution in [0.5, 0.6) is 0 Å². The van der Waals surface area contributed by atoms with Crippen molar-refractivity contribution in [3.63, 3.8) is 0 Å². The first-order chi connectivity index (χ1) is 5.61. The van der Waals surface area contributed by atoms with Gasteiger partial charge in [0.25, 0.3) is 0 Å². The van der Waals surface area contributed by atoms with E-state index in [1.807, 2.05) is 0 Å². The van der Waals surface area contributed by atoms with Crippen LogP contribution in [0.3, 0.4) is 0 Å². The molecule has 0 aliphatic heterocycles. The van der Waals surface area contributed by atoms with E-state index in [4.69, 9.17) is 5.11 Å². The molecule has 0 aliphatic carbocycles. The van der Waals surface area contributed by atoms with Gasteiger partial charge in [0.1, 0.15) is 6.04 Å². The first-order valence-electron chi connectivity index (χ1n) is 3.89. The van der Waals surface area contributed by atoms with E-state index in [2.05, 4.69) is 10.6 Å². The van der Waals surface area contributed by atoms with Crippen LogP contribution >= 0.6 is 0 Å². The Hall–Kier alpha value is -1.26. The Kier molecular flexibility index (Phi) is 4.83. The maximum absolute atomic E-state index is 10.8. The van der Waals surface area contributed by atoms with Gasteiger partial charge >= 0.3 is 12.0 Å². The zero-order valence-electron chi connectivity index (χ0n) is 7.26. The molecule has 1 atom stereocenters. The molecule has 0 radical (unpaired) electrons. The number of rotatable bonds is 4. The lowest BCUT2D eigenvalue weighted by atomic mass is 10.2. The molecule has 0 unspecified atom stereocenters. The van der Waals surface area contributed by atoms with Crippen molar-refractivity contribution in [1.29, 1.82) is 0 Å². The molecule has 0 saturated heterocycles. The van der Waals surface area contributed by atoms with Gasteiger partial charge in [-0.25, -0.2) is 9.59 Å². The van der Waals surface area contributed by atoms with Gasteiger partial charge in [-0.1, -0.05) is 6.92 Å². The Morgan fingerprint density at radius 3 is 2.33 bits per heavy atom. The van der Waals surface area contributed by atoms with Crippen LogP contribution < -0.4 is 10.6 Å². The van der Waals surface area contributed by atoms with Gasteiger partial charge in [0.2, 0.25) is 0 Å². The number of carboxylic acid groups (broad SMARTS) is 1. The van der Waals surface area contributed by atoms with Gasteiger partial charge in [-0.3, -0.25) is 0 Å². The summed E-state index contributed by atoms with van der Waals surface area (Å²) in [4.78, 5) is 21.3. The summed E-state index contributed by atoms with van der Waals surface area (Å²) in [6.07, 6.45) is 0.381. The molecule has 0 heterocycles. The molecule has 0 bridgehead atoms. The smallest absolute Gasteiger partial charge is 0.326 e. The molecule has 5 nitrogen and oxygen atoms in total. The molecular weight excluding hydrogens is 160 g/mol. The van der Waals surface area contributed by atoms with Crippen molar-refractivity contribution in [1.82, 2.24) is 10.6 Å². The van der Waals surface area contributed by atoms with E-state index in [9.17, 15) is 9.59 Å². The van der Waals surface area contributed by atoms with Crippen LogP contribution in [0.1, 0.15) is 20.3 Å². The highest BCUT2D eigenvalue weighted by Crippen LogP contribution is 1.89. The fourth-order valence-corrected chi connectivity index (χ4v) is 0.708. The molecule has 2 amide bonds. The van der Waals surface area contributed by atoms with Crippen molar-refractivity contribution in [3.8, 4) is 0 Å². The summed E-state index contributed by atoms with van der Waals surface area (Å²) in [7, 11) is 0. The number of carbonyl (C=O) groups is 2. The predicted octanol–water partition coefficient (Wildman–Crippen LogP) is 0.169. The van der Waals surface area contributed by atoms with Crippen LogP contribution in [0.15, 0.2) is 0 Å². The van der Waals surface area contributed by atoms with E-state index in [0.717, 1.165) is 0 Å². The normalized spacial score (nSPS) is 11.8. The minimum atomic E-state index is -1.01. The van der Waals surface area contributed by atoms with Crippen molar-refractivity contribution >= 4 is 12.0 Å². The fraction of sp³-hybridized carbons (Fsp3) is 0.714. The molecule has 0 spiro atoms. The molecule has 0 aromatic rings. The minimum absolute atomic E-state index is 0.381. The van der Waals surface area contributed by atoms with Gasteiger partial charge in [0, 0.05) is 6.54 Å². The molecule has 70 valence electrons. The minimum Gasteiger partial charge on any atom is -0.480 e. The number of amides is 2. The zero-order valence-corrected chi connectivity index (χ0v) is 7.26. The third kappa shape index (κ3) is 3.80. The van der Waals surface area contributed by atoms with Crippen LogP contribution in [0.2, 0.25) is 0 Å². The lowest BCUT2D eigenvalue weighted by Gasteiger charge is -2.11. The SMILES string of the molecule is CCNC(=O)N[C@@H](CC)C(=O)O. The topological polar surface area (TPSA) is 78.4 Å². The maximum atomic E-state index is 10.8. The average Bonchev–Trinajstić information content (AvgIpc) is 2.00. The van der Waals surface area contributed by atoms with Crippen molar-refractivity contribution in [3.05, 3.63) is 0 Å². The van der Waals surface area contributed by atoms with Crippen molar-refractivity contribution < 1.29 is 14.7 Å². The third-order valence-electron chi connectivity index (χ3n) is 1.35. The summed E-state index contributed by atoms with van der Waals surface area (Å²) in [5.41, 5.74) is 0. The first-order valence-corrected chi connectivity index (χ1v) is 3.89. The molecule has 0 saturated carbocycles. The molecule has 0 rings (SSSR count). The van der Waals surface area contributed by atoms with Gasteiger partial charge in [-0.15, -0.1) is 0 Å². The monoisotopic (exact) mass is 174 g/mol. The second kappa shape index (κ2) is 5.40. The Bertz CT molecular complexity index is 170. The third-order valence-corrected chi connectivity index (χ3v) is 1.35. The van der Waals surface area contributed by atoms with E-state index in [0.29, 0.717) is 13.0 Å². The van der Waals surface area contributed by atoms with Crippen LogP contribution in [-0.2, 0) is 4.79 Å². The first kappa shape index (κ1) is 10.7. The number of nitrogens with one attached hydrogen (secondary N) is 2. The van der Waals surface area contributed by atoms with Gasteiger partial charge in [0.05, 0.1) is 0 Å². The molecule has 0 aliphatic rings. The largest absolute Gasteiger partial charge is 0.480 e. The Balaban J connectivity index is 3.85. The number of hydrogen-bond acceptors (Lipinski definition) is 2. The van der Waals surface area contributed by atoms with E-state index in [-0.39, 0.29) is 0 Å². The number of carboxylic acids is 1. The van der Waals surface area contributed by atoms with Crippen LogP contribution in [0.25, 0.3) is 0 Å². The number of hydrogen-bond donors (Lipinski definition) is 3. The maximum Gasteiger partial charge on any atom is 0.326 e. The van der Waals surface area contributed by atoms with E-state index >= 15 is 0 Å². The summed E-state index contributed by atoms with van der Waals surface area (Å²) in [6.45, 7) is 3.95. The standard InChI is InChI=1S/C7H14N2O3/c1-3-5(6(10)11)9-7(12)8-4-2/h5H,3-4H2,1-2H3,(H,10,11)(H2,8,9,12)/t5-/m0/s1. The molecule has 0 aromatic carbocycles. The second-order valence-corrected chi connectivity index (χ2v) is 2.30. The highest BCUT2D eigenvalue weighted by Gasteiger charge is 2.16. The predicted molar refractivity (Wildman–Crippen MR) is 43.9 cm³/mol. The van der Waals surface area contributed by atoms with Gasteiger partial charge < -0.3 is 15.7 Å². The van der Waals surface area contributed by atoms with Crippen LogP contribution in [-0.4, -0.2) is 29.7 Å². The molecule has 12 heavy (non-hydrogen) atoms. The quantitative estimate of drug-likeness (QED) is 0.568. The van der Waals surface area contributed by atoms with Crippen LogP contribution in [0, 0.1) is 0 Å². The summed E-state index contributed by atoms with van der Waals surface area (Å²) in [6, 6.07) is -1.23. The van der Waals surface area contributed by atoms with Crippen molar-refractivity contribution in [2.24, 2.45) is 0 Å². The number of aliphatic carboxylic acids is 1. The molecule has 0 aromatic heterocycles. The van der Waals surface area contributed by atoms with Gasteiger partial charge in [-0.2, -0.15) is 0 Å². The zero-order chi connectivity index (χ0) is 9.56. The molecule has 0 fully saturated rings. The summed E-state index contributed by atoms with van der Waals surface area (Å²) in [5.74, 6) is -1.01. The van der Waals surface area contributed by atoms with E-state index < -0.39 is 18.0 Å². The van der Waals surface area contributed by atoms with Crippen molar-refractivity contribution in [2.75, 3.05) is 6.54 Å². The fourth-order valence-electron chi connectivity index (χ4n) is 0.708. The number of urea groups is 1. The lowest BCUT2D eigenvalue weighted by molar-refractivity contribution is -0.139. The van der Waals surface area contributed by atoms with E-state index in [1.54, 1.807) is 13.8 Å². The van der Waals surface area contributed by atoms with Crippen LogP contribution in [0.4, 0.5) is 4.79 Å². The summed E-state index contributed by atoms with van der Waals surface area (Å²) in [5, 5.41) is 13.3. The number of carbonyl (C=O) groups excluding carboxylic acids is 1. The molecule has 5 heteroatoms. The summed E-state index contributed by atoms with van der Waals surface area (Å²) < 4.78 is 0. The highest BCUT2D eigenvalue weighted by atomic mass is 16.4. The Labute approximate surface area is 71.1 Å². The van der Waals surface area contributed by atoms with Crippen molar-refractivity contribution in [2.45, 2.75) is 26.3 Å². The average molecular weight is 174 g/mol. The molecule has 3 N–H and O–H groups in total. The lowest BCUT2D eigenvalue weighted by Crippen LogP contribution is -2.45. The highest BCUT2D eigenvalue weighted by molar-refractivity contribution is 5.82. The van der Waals surface area contributed by atoms with Gasteiger partial charge in [-0.05, 0) is 13.3 Å².